The summed E-state index contributed by atoms with van der Waals surface area (Å²) in [6.07, 6.45) is 1.41. The van der Waals surface area contributed by atoms with E-state index in [-0.39, 0.29) is 10.9 Å². The van der Waals surface area contributed by atoms with E-state index in [9.17, 15) is 13.2 Å². The first-order valence-corrected chi connectivity index (χ1v) is 11.3. The van der Waals surface area contributed by atoms with E-state index < -0.39 is 10.0 Å². The van der Waals surface area contributed by atoms with Crippen molar-refractivity contribution in [3.8, 4) is 0 Å². The number of carbonyl (C=O) groups is 1. The molecule has 6 nitrogen and oxygen atoms in total. The lowest BCUT2D eigenvalue weighted by Gasteiger charge is -2.20. The lowest BCUT2D eigenvalue weighted by atomic mass is 10.1. The number of rotatable bonds is 5. The van der Waals surface area contributed by atoms with Gasteiger partial charge in [-0.25, -0.2) is 13.2 Å². The molecule has 7 heteroatoms. The van der Waals surface area contributed by atoms with Gasteiger partial charge in [-0.3, -0.25) is 4.31 Å². The molecule has 3 aromatic carbocycles. The summed E-state index contributed by atoms with van der Waals surface area (Å²) in [6, 6.07) is 21.1. The number of anilines is 3. The lowest BCUT2D eigenvalue weighted by Crippen LogP contribution is -2.29. The van der Waals surface area contributed by atoms with Crippen molar-refractivity contribution in [2.75, 3.05) is 21.5 Å². The van der Waals surface area contributed by atoms with Crippen LogP contribution >= 0.6 is 0 Å². The molecule has 154 valence electrons. The molecule has 1 aliphatic heterocycles. The van der Waals surface area contributed by atoms with Gasteiger partial charge in [-0.15, -0.1) is 0 Å². The molecule has 1 aliphatic rings. The van der Waals surface area contributed by atoms with Crippen LogP contribution in [0.15, 0.2) is 77.7 Å². The number of aryl methyl sites for hydroxylation is 1. The van der Waals surface area contributed by atoms with Crippen molar-refractivity contribution in [3.63, 3.8) is 0 Å². The Balaban J connectivity index is 1.51. The Bertz CT molecular complexity index is 1180. The van der Waals surface area contributed by atoms with Gasteiger partial charge in [-0.1, -0.05) is 43.3 Å². The Hall–Kier alpha value is -3.32. The molecule has 0 saturated carbocycles. The maximum atomic E-state index is 13.0. The molecular formula is C23H23N3O3S. The topological polar surface area (TPSA) is 78.5 Å². The first-order chi connectivity index (χ1) is 14.5. The van der Waals surface area contributed by atoms with Crippen LogP contribution < -0.4 is 14.9 Å². The molecule has 4 rings (SSSR count). The van der Waals surface area contributed by atoms with Gasteiger partial charge in [0.1, 0.15) is 0 Å². The fraction of sp³-hybridized carbons (Fsp3) is 0.174. The summed E-state index contributed by atoms with van der Waals surface area (Å²) in [5.41, 5.74) is 4.00. The molecular weight excluding hydrogens is 398 g/mol. The number of fused-ring (bicyclic) bond motifs is 1. The highest BCUT2D eigenvalue weighted by Crippen LogP contribution is 2.34. The number of hydrogen-bond acceptors (Lipinski definition) is 3. The molecule has 0 atom stereocenters. The van der Waals surface area contributed by atoms with Gasteiger partial charge in [0, 0.05) is 17.9 Å². The van der Waals surface area contributed by atoms with Gasteiger partial charge in [-0.05, 0) is 60.4 Å². The molecule has 0 saturated heterocycles. The Morgan fingerprint density at radius 3 is 2.47 bits per heavy atom. The van der Waals surface area contributed by atoms with E-state index >= 15 is 0 Å². The van der Waals surface area contributed by atoms with E-state index in [2.05, 4.69) is 10.6 Å². The molecule has 0 bridgehead atoms. The molecule has 0 aromatic heterocycles. The highest BCUT2D eigenvalue weighted by atomic mass is 32.2. The zero-order valence-corrected chi connectivity index (χ0v) is 17.4. The van der Waals surface area contributed by atoms with E-state index in [1.165, 1.54) is 4.31 Å². The number of urea groups is 1. The predicted octanol–water partition coefficient (Wildman–Crippen LogP) is 4.64. The van der Waals surface area contributed by atoms with Crippen LogP contribution in [-0.2, 0) is 22.9 Å². The predicted molar refractivity (Wildman–Crippen MR) is 120 cm³/mol. The van der Waals surface area contributed by atoms with Crippen LogP contribution in [0.2, 0.25) is 0 Å². The van der Waals surface area contributed by atoms with Crippen molar-refractivity contribution in [2.24, 2.45) is 0 Å². The van der Waals surface area contributed by atoms with Crippen LogP contribution in [0, 0.1) is 0 Å². The van der Waals surface area contributed by atoms with Gasteiger partial charge < -0.3 is 10.6 Å². The summed E-state index contributed by atoms with van der Waals surface area (Å²) in [5.74, 6) is 0. The van der Waals surface area contributed by atoms with Crippen molar-refractivity contribution >= 4 is 33.1 Å². The Morgan fingerprint density at radius 2 is 1.70 bits per heavy atom. The third-order valence-corrected chi connectivity index (χ3v) is 7.00. The van der Waals surface area contributed by atoms with Crippen molar-refractivity contribution in [3.05, 3.63) is 83.9 Å². The minimum Gasteiger partial charge on any atom is -0.308 e. The maximum absolute atomic E-state index is 13.0. The average Bonchev–Trinajstić information content (AvgIpc) is 3.19. The van der Waals surface area contributed by atoms with Gasteiger partial charge in [-0.2, -0.15) is 0 Å². The molecule has 1 heterocycles. The number of carbonyl (C=O) groups excluding carboxylic acids is 1. The molecule has 30 heavy (non-hydrogen) atoms. The van der Waals surface area contributed by atoms with Gasteiger partial charge in [0.15, 0.2) is 0 Å². The zero-order chi connectivity index (χ0) is 21.1. The molecule has 0 fully saturated rings. The molecule has 3 aromatic rings. The van der Waals surface area contributed by atoms with Crippen LogP contribution in [0.4, 0.5) is 21.9 Å². The summed E-state index contributed by atoms with van der Waals surface area (Å²) in [6.45, 7) is 2.42. The first kappa shape index (κ1) is 20.0. The van der Waals surface area contributed by atoms with Crippen LogP contribution in [0.1, 0.15) is 18.1 Å². The number of amides is 2. The van der Waals surface area contributed by atoms with Crippen molar-refractivity contribution in [1.29, 1.82) is 0 Å². The molecule has 0 radical (unpaired) electrons. The third kappa shape index (κ3) is 3.89. The molecule has 0 spiro atoms. The number of benzene rings is 3. The molecule has 0 unspecified atom stereocenters. The standard InChI is InChI=1S/C23H23N3O3S/c1-2-17-8-6-7-11-21(17)25-23(27)24-19-12-13-22-18(16-19)14-15-26(22)30(28,29)20-9-4-3-5-10-20/h3-13,16H,2,14-15H2,1H3,(H2,24,25,27). The molecule has 2 N–H and O–H groups in total. The van der Waals surface area contributed by atoms with Crippen LogP contribution in [-0.4, -0.2) is 21.0 Å². The van der Waals surface area contributed by atoms with E-state index in [1.807, 2.05) is 37.3 Å². The second-order valence-electron chi connectivity index (χ2n) is 7.07. The van der Waals surface area contributed by atoms with E-state index in [0.717, 1.165) is 23.2 Å². The van der Waals surface area contributed by atoms with Crippen LogP contribution in [0.5, 0.6) is 0 Å². The van der Waals surface area contributed by atoms with Crippen LogP contribution in [0.3, 0.4) is 0 Å². The largest absolute Gasteiger partial charge is 0.323 e. The van der Waals surface area contributed by atoms with Crippen LogP contribution in [0.25, 0.3) is 0 Å². The average molecular weight is 422 g/mol. The van der Waals surface area contributed by atoms with Gasteiger partial charge >= 0.3 is 6.03 Å². The minimum atomic E-state index is -3.60. The monoisotopic (exact) mass is 421 g/mol. The fourth-order valence-electron chi connectivity index (χ4n) is 3.65. The highest BCUT2D eigenvalue weighted by Gasteiger charge is 2.30. The second kappa shape index (κ2) is 8.20. The Kier molecular flexibility index (Phi) is 5.46. The van der Waals surface area contributed by atoms with Gasteiger partial charge in [0.2, 0.25) is 0 Å². The Morgan fingerprint density at radius 1 is 0.967 bits per heavy atom. The summed E-state index contributed by atoms with van der Waals surface area (Å²) < 4.78 is 27.4. The quantitative estimate of drug-likeness (QED) is 0.630. The lowest BCUT2D eigenvalue weighted by molar-refractivity contribution is 0.262. The molecule has 0 aliphatic carbocycles. The smallest absolute Gasteiger partial charge is 0.308 e. The maximum Gasteiger partial charge on any atom is 0.323 e. The number of hydrogen-bond donors (Lipinski definition) is 2. The van der Waals surface area contributed by atoms with E-state index in [4.69, 9.17) is 0 Å². The second-order valence-corrected chi connectivity index (χ2v) is 8.94. The molecule has 2 amide bonds. The van der Waals surface area contributed by atoms with E-state index in [1.54, 1.807) is 42.5 Å². The SMILES string of the molecule is CCc1ccccc1NC(=O)Nc1ccc2c(c1)CCN2S(=O)(=O)c1ccccc1. The zero-order valence-electron chi connectivity index (χ0n) is 16.6. The van der Waals surface area contributed by atoms with Gasteiger partial charge in [0.05, 0.1) is 10.6 Å². The third-order valence-electron chi connectivity index (χ3n) is 5.17. The summed E-state index contributed by atoms with van der Waals surface area (Å²) in [7, 11) is -3.60. The van der Waals surface area contributed by atoms with Crippen molar-refractivity contribution in [2.45, 2.75) is 24.7 Å². The Labute approximate surface area is 176 Å². The fourth-order valence-corrected chi connectivity index (χ4v) is 5.18. The number of nitrogens with zero attached hydrogens (tertiary/aromatic N) is 1. The van der Waals surface area contributed by atoms with Gasteiger partial charge in [0.25, 0.3) is 10.0 Å². The number of sulfonamides is 1. The number of para-hydroxylation sites is 1. The minimum absolute atomic E-state index is 0.272. The summed E-state index contributed by atoms with van der Waals surface area (Å²) >= 11 is 0. The summed E-state index contributed by atoms with van der Waals surface area (Å²) in [5, 5.41) is 5.71. The van der Waals surface area contributed by atoms with E-state index in [0.29, 0.717) is 24.3 Å². The summed E-state index contributed by atoms with van der Waals surface area (Å²) in [4.78, 5) is 12.7. The first-order valence-electron chi connectivity index (χ1n) is 9.85. The van der Waals surface area contributed by atoms with Crippen molar-refractivity contribution in [1.82, 2.24) is 0 Å². The number of nitrogens with one attached hydrogen (secondary N) is 2. The normalized spacial score (nSPS) is 13.0. The van der Waals surface area contributed by atoms with Crippen molar-refractivity contribution < 1.29 is 13.2 Å². The highest BCUT2D eigenvalue weighted by molar-refractivity contribution is 7.92.